The van der Waals surface area contributed by atoms with Crippen molar-refractivity contribution in [2.45, 2.75) is 6.42 Å². The smallest absolute Gasteiger partial charge is 0.251 e. The molecule has 0 atom stereocenters. The summed E-state index contributed by atoms with van der Waals surface area (Å²) in [6, 6.07) is 5.38. The summed E-state index contributed by atoms with van der Waals surface area (Å²) in [4.78, 5) is 23.2. The van der Waals surface area contributed by atoms with Gasteiger partial charge < -0.3 is 16.0 Å². The lowest BCUT2D eigenvalue weighted by Crippen LogP contribution is -2.51. The van der Waals surface area contributed by atoms with E-state index in [0.29, 0.717) is 25.1 Å². The molecule has 1 saturated heterocycles. The molecule has 0 aliphatic carbocycles. The monoisotopic (exact) mass is 315 g/mol. The minimum Gasteiger partial charge on any atom is -0.356 e. The number of nitrogens with one attached hydrogen (secondary N) is 3. The minimum atomic E-state index is -0.366. The van der Waals surface area contributed by atoms with Crippen molar-refractivity contribution in [1.82, 2.24) is 16.0 Å². The van der Waals surface area contributed by atoms with Crippen LogP contribution >= 0.6 is 12.4 Å². The highest BCUT2D eigenvalue weighted by Crippen LogP contribution is 2.03. The SMILES string of the molecule is Cl.O=C(NCCCNC(=O)C1CNC1)c1ccc(F)cc1. The Kier molecular flexibility index (Phi) is 7.11. The van der Waals surface area contributed by atoms with Crippen LogP contribution in [0.25, 0.3) is 0 Å². The van der Waals surface area contributed by atoms with Crippen molar-refractivity contribution >= 4 is 24.2 Å². The second-order valence-electron chi connectivity index (χ2n) is 4.76. The Bertz CT molecular complexity index is 478. The van der Waals surface area contributed by atoms with Crippen molar-refractivity contribution in [2.24, 2.45) is 5.92 Å². The van der Waals surface area contributed by atoms with E-state index in [9.17, 15) is 14.0 Å². The average Bonchev–Trinajstić information content (AvgIpc) is 2.37. The molecule has 1 aliphatic heterocycles. The van der Waals surface area contributed by atoms with Crippen LogP contribution in [-0.2, 0) is 4.79 Å². The topological polar surface area (TPSA) is 70.2 Å². The summed E-state index contributed by atoms with van der Waals surface area (Å²) < 4.78 is 12.7. The molecule has 0 aromatic heterocycles. The first kappa shape index (κ1) is 17.4. The lowest BCUT2D eigenvalue weighted by Gasteiger charge is -2.25. The summed E-state index contributed by atoms with van der Waals surface area (Å²) in [5, 5.41) is 8.59. The third-order valence-electron chi connectivity index (χ3n) is 3.20. The Morgan fingerprint density at radius 2 is 1.76 bits per heavy atom. The standard InChI is InChI=1S/C14H18FN3O2.ClH/c15-12-4-2-10(3-5-12)13(19)17-6-1-7-18-14(20)11-8-16-9-11;/h2-5,11,16H,1,6-9H2,(H,17,19)(H,18,20);1H. The van der Waals surface area contributed by atoms with Gasteiger partial charge in [-0.3, -0.25) is 9.59 Å². The van der Waals surface area contributed by atoms with Crippen molar-refractivity contribution < 1.29 is 14.0 Å². The van der Waals surface area contributed by atoms with Gasteiger partial charge in [-0.05, 0) is 30.7 Å². The van der Waals surface area contributed by atoms with Gasteiger partial charge in [0.1, 0.15) is 5.82 Å². The molecule has 3 N–H and O–H groups in total. The van der Waals surface area contributed by atoms with Gasteiger partial charge in [0.25, 0.3) is 5.91 Å². The van der Waals surface area contributed by atoms with Gasteiger partial charge in [-0.2, -0.15) is 0 Å². The first-order valence-corrected chi connectivity index (χ1v) is 6.69. The summed E-state index contributed by atoms with van der Waals surface area (Å²) in [5.74, 6) is -0.452. The predicted octanol–water partition coefficient (Wildman–Crippen LogP) is 0.703. The zero-order valence-electron chi connectivity index (χ0n) is 11.5. The summed E-state index contributed by atoms with van der Waals surface area (Å²) in [6.45, 7) is 2.50. The van der Waals surface area contributed by atoms with Crippen LogP contribution in [0.3, 0.4) is 0 Å². The first-order chi connectivity index (χ1) is 9.66. The van der Waals surface area contributed by atoms with Gasteiger partial charge >= 0.3 is 0 Å². The van der Waals surface area contributed by atoms with Crippen LogP contribution in [0.15, 0.2) is 24.3 Å². The van der Waals surface area contributed by atoms with Crippen molar-refractivity contribution in [1.29, 1.82) is 0 Å². The summed E-state index contributed by atoms with van der Waals surface area (Å²) in [5.41, 5.74) is 0.427. The molecule has 1 fully saturated rings. The number of hydrogen-bond donors (Lipinski definition) is 3. The highest BCUT2D eigenvalue weighted by Gasteiger charge is 2.23. The third kappa shape index (κ3) is 5.32. The van der Waals surface area contributed by atoms with E-state index < -0.39 is 0 Å². The lowest BCUT2D eigenvalue weighted by molar-refractivity contribution is -0.126. The minimum absolute atomic E-state index is 0. The van der Waals surface area contributed by atoms with E-state index >= 15 is 0 Å². The zero-order valence-corrected chi connectivity index (χ0v) is 12.3. The van der Waals surface area contributed by atoms with Crippen LogP contribution in [-0.4, -0.2) is 38.0 Å². The maximum Gasteiger partial charge on any atom is 0.251 e. The highest BCUT2D eigenvalue weighted by atomic mass is 35.5. The highest BCUT2D eigenvalue weighted by molar-refractivity contribution is 5.94. The van der Waals surface area contributed by atoms with E-state index in [4.69, 9.17) is 0 Å². The molecule has 7 heteroatoms. The Balaban J connectivity index is 0.00000220. The van der Waals surface area contributed by atoms with Gasteiger partial charge in [-0.25, -0.2) is 4.39 Å². The number of hydrogen-bond acceptors (Lipinski definition) is 3. The number of halogens is 2. The fourth-order valence-electron chi connectivity index (χ4n) is 1.82. The number of carbonyl (C=O) groups is 2. The number of amides is 2. The van der Waals surface area contributed by atoms with Crippen LogP contribution < -0.4 is 16.0 Å². The molecular formula is C14H19ClFN3O2. The largest absolute Gasteiger partial charge is 0.356 e. The molecule has 1 heterocycles. The average molecular weight is 316 g/mol. The molecule has 2 rings (SSSR count). The Hall–Kier alpha value is -1.66. The van der Waals surface area contributed by atoms with Gasteiger partial charge in [0, 0.05) is 31.7 Å². The summed E-state index contributed by atoms with van der Waals surface area (Å²) in [7, 11) is 0. The van der Waals surface area contributed by atoms with Crippen LogP contribution in [0.4, 0.5) is 4.39 Å². The molecule has 0 radical (unpaired) electrons. The fraction of sp³-hybridized carbons (Fsp3) is 0.429. The third-order valence-corrected chi connectivity index (χ3v) is 3.20. The molecule has 2 amide bonds. The molecule has 116 valence electrons. The lowest BCUT2D eigenvalue weighted by atomic mass is 10.0. The van der Waals surface area contributed by atoms with E-state index in [1.807, 2.05) is 0 Å². The van der Waals surface area contributed by atoms with Gasteiger partial charge in [0.05, 0.1) is 5.92 Å². The second-order valence-corrected chi connectivity index (χ2v) is 4.76. The maximum absolute atomic E-state index is 12.7. The Morgan fingerprint density at radius 1 is 1.14 bits per heavy atom. The van der Waals surface area contributed by atoms with E-state index in [0.717, 1.165) is 13.1 Å². The Labute approximate surface area is 129 Å². The van der Waals surface area contributed by atoms with Crippen LogP contribution in [0.1, 0.15) is 16.8 Å². The van der Waals surface area contributed by atoms with Gasteiger partial charge in [0.15, 0.2) is 0 Å². The second kappa shape index (κ2) is 8.59. The van der Waals surface area contributed by atoms with E-state index in [-0.39, 0.29) is 36.0 Å². The molecule has 21 heavy (non-hydrogen) atoms. The summed E-state index contributed by atoms with van der Waals surface area (Å²) in [6.07, 6.45) is 0.665. The molecule has 1 aromatic carbocycles. The van der Waals surface area contributed by atoms with E-state index in [1.54, 1.807) is 0 Å². The fourth-order valence-corrected chi connectivity index (χ4v) is 1.82. The number of rotatable bonds is 6. The van der Waals surface area contributed by atoms with Gasteiger partial charge in [0.2, 0.25) is 5.91 Å². The van der Waals surface area contributed by atoms with E-state index in [2.05, 4.69) is 16.0 Å². The normalized spacial score (nSPS) is 13.8. The summed E-state index contributed by atoms with van der Waals surface area (Å²) >= 11 is 0. The van der Waals surface area contributed by atoms with Gasteiger partial charge in [-0.15, -0.1) is 12.4 Å². The Morgan fingerprint density at radius 3 is 2.33 bits per heavy atom. The molecule has 0 unspecified atom stereocenters. The molecular weight excluding hydrogens is 297 g/mol. The maximum atomic E-state index is 12.7. The quantitative estimate of drug-likeness (QED) is 0.677. The van der Waals surface area contributed by atoms with Crippen LogP contribution in [0.2, 0.25) is 0 Å². The first-order valence-electron chi connectivity index (χ1n) is 6.69. The number of carbonyl (C=O) groups excluding carboxylic acids is 2. The molecule has 1 aliphatic rings. The van der Waals surface area contributed by atoms with Crippen LogP contribution in [0.5, 0.6) is 0 Å². The molecule has 0 saturated carbocycles. The van der Waals surface area contributed by atoms with Crippen molar-refractivity contribution in [2.75, 3.05) is 26.2 Å². The van der Waals surface area contributed by atoms with E-state index in [1.165, 1.54) is 24.3 Å². The molecule has 5 nitrogen and oxygen atoms in total. The molecule has 0 bridgehead atoms. The molecule has 1 aromatic rings. The molecule has 0 spiro atoms. The van der Waals surface area contributed by atoms with Crippen molar-refractivity contribution in [3.05, 3.63) is 35.6 Å². The van der Waals surface area contributed by atoms with Crippen LogP contribution in [0, 0.1) is 11.7 Å². The van der Waals surface area contributed by atoms with Crippen molar-refractivity contribution in [3.63, 3.8) is 0 Å². The predicted molar refractivity (Wildman–Crippen MR) is 80.0 cm³/mol. The van der Waals surface area contributed by atoms with Gasteiger partial charge in [-0.1, -0.05) is 0 Å². The van der Waals surface area contributed by atoms with Crippen molar-refractivity contribution in [3.8, 4) is 0 Å². The zero-order chi connectivity index (χ0) is 14.4. The number of benzene rings is 1.